The van der Waals surface area contributed by atoms with Crippen molar-refractivity contribution < 1.29 is 13.9 Å². The van der Waals surface area contributed by atoms with Gasteiger partial charge in [0.2, 0.25) is 0 Å². The molecule has 0 saturated heterocycles. The van der Waals surface area contributed by atoms with Gasteiger partial charge in [0.05, 0.1) is 7.11 Å². The van der Waals surface area contributed by atoms with Crippen LogP contribution in [0, 0.1) is 5.82 Å². The van der Waals surface area contributed by atoms with Gasteiger partial charge in [-0.05, 0) is 24.6 Å². The van der Waals surface area contributed by atoms with Crippen molar-refractivity contribution in [3.63, 3.8) is 0 Å². The molecule has 1 atom stereocenters. The van der Waals surface area contributed by atoms with Crippen LogP contribution in [-0.2, 0) is 13.2 Å². The highest BCUT2D eigenvalue weighted by Gasteiger charge is 2.13. The minimum absolute atomic E-state index is 0.147. The van der Waals surface area contributed by atoms with E-state index >= 15 is 0 Å². The summed E-state index contributed by atoms with van der Waals surface area (Å²) < 4.78 is 25.3. The van der Waals surface area contributed by atoms with Crippen LogP contribution in [0.3, 0.4) is 0 Å². The zero-order chi connectivity index (χ0) is 19.1. The molecule has 3 aromatic carbocycles. The maximum Gasteiger partial charge on any atom is 0.166 e. The van der Waals surface area contributed by atoms with Crippen LogP contribution in [0.2, 0.25) is 0 Å². The lowest BCUT2D eigenvalue weighted by molar-refractivity contribution is 0.275. The summed E-state index contributed by atoms with van der Waals surface area (Å²) in [5.41, 5.74) is 2.70. The van der Waals surface area contributed by atoms with Crippen molar-refractivity contribution in [3.8, 4) is 11.5 Å². The maximum absolute atomic E-state index is 13.9. The lowest BCUT2D eigenvalue weighted by Gasteiger charge is -2.18. The van der Waals surface area contributed by atoms with Gasteiger partial charge >= 0.3 is 0 Å². The van der Waals surface area contributed by atoms with Gasteiger partial charge in [-0.3, -0.25) is 0 Å². The molecule has 0 saturated carbocycles. The Kier molecular flexibility index (Phi) is 6.44. The summed E-state index contributed by atoms with van der Waals surface area (Å²) in [6.07, 6.45) is 0. The van der Waals surface area contributed by atoms with Crippen LogP contribution in [0.4, 0.5) is 4.39 Å². The average molecular weight is 365 g/mol. The minimum Gasteiger partial charge on any atom is -0.493 e. The van der Waals surface area contributed by atoms with Gasteiger partial charge in [-0.15, -0.1) is 0 Å². The number of ether oxygens (including phenoxy) is 2. The minimum atomic E-state index is -0.273. The summed E-state index contributed by atoms with van der Waals surface area (Å²) in [5, 5.41) is 3.51. The van der Waals surface area contributed by atoms with Crippen LogP contribution in [0.25, 0.3) is 0 Å². The molecule has 0 aliphatic rings. The highest BCUT2D eigenvalue weighted by Crippen LogP contribution is 2.32. The van der Waals surface area contributed by atoms with E-state index in [0.29, 0.717) is 23.6 Å². The zero-order valence-electron chi connectivity index (χ0n) is 15.6. The van der Waals surface area contributed by atoms with Gasteiger partial charge in [-0.1, -0.05) is 60.7 Å². The second kappa shape index (κ2) is 9.19. The number of hydrogen-bond acceptors (Lipinski definition) is 3. The summed E-state index contributed by atoms with van der Waals surface area (Å²) >= 11 is 0. The molecule has 0 heterocycles. The predicted molar refractivity (Wildman–Crippen MR) is 105 cm³/mol. The zero-order valence-corrected chi connectivity index (χ0v) is 15.6. The van der Waals surface area contributed by atoms with E-state index in [-0.39, 0.29) is 18.5 Å². The molecule has 4 heteroatoms. The molecule has 0 aromatic heterocycles. The van der Waals surface area contributed by atoms with Crippen molar-refractivity contribution in [2.75, 3.05) is 7.11 Å². The summed E-state index contributed by atoms with van der Waals surface area (Å²) in [6, 6.07) is 22.8. The third-order valence-electron chi connectivity index (χ3n) is 4.51. The van der Waals surface area contributed by atoms with Crippen molar-refractivity contribution in [1.82, 2.24) is 5.32 Å². The van der Waals surface area contributed by atoms with E-state index < -0.39 is 0 Å². The highest BCUT2D eigenvalue weighted by molar-refractivity contribution is 5.46. The topological polar surface area (TPSA) is 30.5 Å². The number of methoxy groups -OCH3 is 1. The molecule has 1 unspecified atom stereocenters. The normalized spacial score (nSPS) is 11.8. The van der Waals surface area contributed by atoms with Crippen molar-refractivity contribution in [1.29, 1.82) is 0 Å². The van der Waals surface area contributed by atoms with E-state index in [1.165, 1.54) is 11.6 Å². The molecule has 0 aliphatic heterocycles. The van der Waals surface area contributed by atoms with Crippen LogP contribution >= 0.6 is 0 Å². The largest absolute Gasteiger partial charge is 0.493 e. The van der Waals surface area contributed by atoms with Crippen LogP contribution < -0.4 is 14.8 Å². The van der Waals surface area contributed by atoms with E-state index in [1.807, 2.05) is 36.4 Å². The molecule has 3 rings (SSSR count). The van der Waals surface area contributed by atoms with E-state index in [1.54, 1.807) is 25.3 Å². The van der Waals surface area contributed by atoms with Crippen molar-refractivity contribution in [2.45, 2.75) is 26.1 Å². The molecule has 0 bridgehead atoms. The van der Waals surface area contributed by atoms with E-state index in [0.717, 1.165) is 5.56 Å². The predicted octanol–water partition coefficient (Wildman–Crippen LogP) is 5.26. The first kappa shape index (κ1) is 18.9. The Morgan fingerprint density at radius 2 is 1.59 bits per heavy atom. The fourth-order valence-electron chi connectivity index (χ4n) is 2.91. The average Bonchev–Trinajstić information content (AvgIpc) is 2.72. The fraction of sp³-hybridized carbons (Fsp3) is 0.217. The standard InChI is InChI=1S/C23H24FNO2/c1-17(18-9-4-3-5-10-18)25-15-19-12-8-14-22(26-2)23(19)27-16-20-11-6-7-13-21(20)24/h3-14,17,25H,15-16H2,1-2H3. The number of hydrogen-bond donors (Lipinski definition) is 1. The molecule has 1 N–H and O–H groups in total. The molecule has 0 fully saturated rings. The second-order valence-corrected chi connectivity index (χ2v) is 6.34. The molecule has 27 heavy (non-hydrogen) atoms. The van der Waals surface area contributed by atoms with E-state index in [9.17, 15) is 4.39 Å². The Bertz CT molecular complexity index is 867. The lowest BCUT2D eigenvalue weighted by Crippen LogP contribution is -2.18. The number of rotatable bonds is 8. The highest BCUT2D eigenvalue weighted by atomic mass is 19.1. The first-order valence-electron chi connectivity index (χ1n) is 8.99. The van der Waals surface area contributed by atoms with Crippen molar-refractivity contribution in [3.05, 3.63) is 95.3 Å². The fourth-order valence-corrected chi connectivity index (χ4v) is 2.91. The van der Waals surface area contributed by atoms with Crippen LogP contribution in [-0.4, -0.2) is 7.11 Å². The van der Waals surface area contributed by atoms with Crippen LogP contribution in [0.1, 0.15) is 29.7 Å². The Hall–Kier alpha value is -2.85. The Morgan fingerprint density at radius 1 is 0.889 bits per heavy atom. The molecule has 3 aromatic rings. The number of nitrogens with one attached hydrogen (secondary N) is 1. The molecule has 0 amide bonds. The molecular weight excluding hydrogens is 341 g/mol. The lowest BCUT2D eigenvalue weighted by atomic mass is 10.1. The van der Waals surface area contributed by atoms with Crippen LogP contribution in [0.15, 0.2) is 72.8 Å². The Labute approximate surface area is 159 Å². The van der Waals surface area contributed by atoms with Gasteiger partial charge in [-0.25, -0.2) is 4.39 Å². The quantitative estimate of drug-likeness (QED) is 0.590. The molecule has 140 valence electrons. The molecule has 0 aliphatic carbocycles. The number of para-hydroxylation sites is 1. The summed E-state index contributed by atoms with van der Waals surface area (Å²) in [4.78, 5) is 0. The van der Waals surface area contributed by atoms with Gasteiger partial charge in [0, 0.05) is 23.7 Å². The molecular formula is C23H24FNO2. The third-order valence-corrected chi connectivity index (χ3v) is 4.51. The van der Waals surface area contributed by atoms with Gasteiger partial charge < -0.3 is 14.8 Å². The van der Waals surface area contributed by atoms with Crippen molar-refractivity contribution >= 4 is 0 Å². The molecule has 0 spiro atoms. The summed E-state index contributed by atoms with van der Waals surface area (Å²) in [6.45, 7) is 2.88. The van der Waals surface area contributed by atoms with E-state index in [2.05, 4.69) is 24.4 Å². The van der Waals surface area contributed by atoms with E-state index in [4.69, 9.17) is 9.47 Å². The summed E-state index contributed by atoms with van der Waals surface area (Å²) in [5.74, 6) is 0.999. The first-order chi connectivity index (χ1) is 13.2. The number of halogens is 1. The first-order valence-corrected chi connectivity index (χ1v) is 8.99. The Balaban J connectivity index is 1.74. The van der Waals surface area contributed by atoms with Gasteiger partial charge in [0.1, 0.15) is 12.4 Å². The SMILES string of the molecule is COc1cccc(CNC(C)c2ccccc2)c1OCc1ccccc1F. The second-order valence-electron chi connectivity index (χ2n) is 6.34. The monoisotopic (exact) mass is 365 g/mol. The van der Waals surface area contributed by atoms with Gasteiger partial charge in [-0.2, -0.15) is 0 Å². The Morgan fingerprint density at radius 3 is 2.33 bits per heavy atom. The smallest absolute Gasteiger partial charge is 0.166 e. The van der Waals surface area contributed by atoms with Gasteiger partial charge in [0.15, 0.2) is 11.5 Å². The maximum atomic E-state index is 13.9. The van der Waals surface area contributed by atoms with Crippen molar-refractivity contribution in [2.24, 2.45) is 0 Å². The van der Waals surface area contributed by atoms with Crippen LogP contribution in [0.5, 0.6) is 11.5 Å². The number of benzene rings is 3. The molecule has 3 nitrogen and oxygen atoms in total. The third kappa shape index (κ3) is 4.86. The van der Waals surface area contributed by atoms with Gasteiger partial charge in [0.25, 0.3) is 0 Å². The summed E-state index contributed by atoms with van der Waals surface area (Å²) in [7, 11) is 1.61. The molecule has 0 radical (unpaired) electrons.